The molecule has 1 fully saturated rings. The highest BCUT2D eigenvalue weighted by atomic mass is 16.2. The molecule has 0 radical (unpaired) electrons. The Kier molecular flexibility index (Phi) is 6.56. The van der Waals surface area contributed by atoms with Gasteiger partial charge in [0, 0.05) is 18.5 Å². The summed E-state index contributed by atoms with van der Waals surface area (Å²) in [5.74, 6) is 0.575. The van der Waals surface area contributed by atoms with Gasteiger partial charge in [-0.2, -0.15) is 0 Å². The molecule has 0 aromatic rings. The molecule has 1 heterocycles. The molecule has 3 nitrogen and oxygen atoms in total. The van der Waals surface area contributed by atoms with Gasteiger partial charge in [0.25, 0.3) is 0 Å². The van der Waals surface area contributed by atoms with E-state index >= 15 is 0 Å². The molecule has 0 aliphatic carbocycles. The minimum Gasteiger partial charge on any atom is -0.339 e. The fourth-order valence-corrected chi connectivity index (χ4v) is 2.70. The molecule has 1 aliphatic rings. The van der Waals surface area contributed by atoms with Crippen LogP contribution >= 0.6 is 0 Å². The third kappa shape index (κ3) is 4.30. The molecule has 0 saturated carbocycles. The first kappa shape index (κ1) is 14.5. The second kappa shape index (κ2) is 7.70. The summed E-state index contributed by atoms with van der Waals surface area (Å²) >= 11 is 0. The lowest BCUT2D eigenvalue weighted by Gasteiger charge is -2.27. The van der Waals surface area contributed by atoms with Crippen molar-refractivity contribution in [3.05, 3.63) is 0 Å². The predicted octanol–water partition coefficient (Wildman–Crippen LogP) is 2.54. The van der Waals surface area contributed by atoms with E-state index in [-0.39, 0.29) is 5.92 Å². The lowest BCUT2D eigenvalue weighted by Crippen LogP contribution is -2.39. The van der Waals surface area contributed by atoms with Gasteiger partial charge >= 0.3 is 0 Å². The van der Waals surface area contributed by atoms with Crippen LogP contribution in [0.25, 0.3) is 0 Å². The topological polar surface area (TPSA) is 46.3 Å². The van der Waals surface area contributed by atoms with Gasteiger partial charge in [-0.25, -0.2) is 0 Å². The fraction of sp³-hybridized carbons (Fsp3) is 0.929. The maximum Gasteiger partial charge on any atom is 0.225 e. The van der Waals surface area contributed by atoms with Crippen LogP contribution in [0.3, 0.4) is 0 Å². The average molecular weight is 240 g/mol. The molecular formula is C14H28N2O. The summed E-state index contributed by atoms with van der Waals surface area (Å²) in [5, 5.41) is 0. The molecule has 1 saturated heterocycles. The van der Waals surface area contributed by atoms with Crippen LogP contribution in [-0.2, 0) is 4.79 Å². The van der Waals surface area contributed by atoms with Crippen LogP contribution in [0.15, 0.2) is 0 Å². The lowest BCUT2D eigenvalue weighted by molar-refractivity contribution is -0.136. The quantitative estimate of drug-likeness (QED) is 0.743. The van der Waals surface area contributed by atoms with Gasteiger partial charge in [0.15, 0.2) is 0 Å². The Labute approximate surface area is 106 Å². The Morgan fingerprint density at radius 2 is 2.24 bits per heavy atom. The van der Waals surface area contributed by atoms with Gasteiger partial charge < -0.3 is 10.6 Å². The predicted molar refractivity (Wildman–Crippen MR) is 71.7 cm³/mol. The molecule has 0 spiro atoms. The average Bonchev–Trinajstić information content (AvgIpc) is 2.80. The summed E-state index contributed by atoms with van der Waals surface area (Å²) in [5.41, 5.74) is 5.55. The third-order valence-corrected chi connectivity index (χ3v) is 3.81. The van der Waals surface area contributed by atoms with Crippen molar-refractivity contribution in [1.82, 2.24) is 4.90 Å². The summed E-state index contributed by atoms with van der Waals surface area (Å²) in [7, 11) is 0. The minimum atomic E-state index is 0.202. The van der Waals surface area contributed by atoms with Crippen LogP contribution in [0.5, 0.6) is 0 Å². The molecule has 0 aromatic heterocycles. The van der Waals surface area contributed by atoms with E-state index in [0.29, 0.717) is 11.9 Å². The van der Waals surface area contributed by atoms with E-state index in [1.807, 2.05) is 0 Å². The first-order valence-corrected chi connectivity index (χ1v) is 7.21. The van der Waals surface area contributed by atoms with Crippen molar-refractivity contribution in [2.45, 2.75) is 64.8 Å². The number of amides is 1. The smallest absolute Gasteiger partial charge is 0.225 e. The number of nitrogens with zero attached hydrogens (tertiary/aromatic N) is 1. The van der Waals surface area contributed by atoms with E-state index in [4.69, 9.17) is 5.73 Å². The minimum absolute atomic E-state index is 0.202. The van der Waals surface area contributed by atoms with Gasteiger partial charge in [-0.1, -0.05) is 26.7 Å². The van der Waals surface area contributed by atoms with Crippen LogP contribution in [0, 0.1) is 5.92 Å². The number of carbonyl (C=O) groups excluding carboxylic acids is 1. The highest BCUT2D eigenvalue weighted by Crippen LogP contribution is 2.24. The molecule has 1 rings (SSSR count). The SMILES string of the molecule is CCCCC(C)C(=O)N1CCCC1CCCN. The Bertz CT molecular complexity index is 230. The number of hydrogen-bond acceptors (Lipinski definition) is 2. The zero-order chi connectivity index (χ0) is 12.7. The molecule has 1 aliphatic heterocycles. The van der Waals surface area contributed by atoms with Crippen LogP contribution in [-0.4, -0.2) is 29.9 Å². The van der Waals surface area contributed by atoms with E-state index < -0.39 is 0 Å². The number of carbonyl (C=O) groups is 1. The highest BCUT2D eigenvalue weighted by molar-refractivity contribution is 5.79. The monoisotopic (exact) mass is 240 g/mol. The van der Waals surface area contributed by atoms with Gasteiger partial charge in [0.2, 0.25) is 5.91 Å². The number of likely N-dealkylation sites (tertiary alicyclic amines) is 1. The number of nitrogens with two attached hydrogens (primary N) is 1. The van der Waals surface area contributed by atoms with E-state index in [9.17, 15) is 4.79 Å². The maximum atomic E-state index is 12.3. The molecule has 3 heteroatoms. The Morgan fingerprint density at radius 3 is 2.88 bits per heavy atom. The standard InChI is InChI=1S/C14H28N2O/c1-3-4-7-12(2)14(17)16-11-6-9-13(16)8-5-10-15/h12-13H,3-11,15H2,1-2H3. The molecule has 2 unspecified atom stereocenters. The van der Waals surface area contributed by atoms with Gasteiger partial charge in [-0.15, -0.1) is 0 Å². The van der Waals surface area contributed by atoms with Gasteiger partial charge in [-0.05, 0) is 38.6 Å². The van der Waals surface area contributed by atoms with E-state index in [2.05, 4.69) is 18.7 Å². The van der Waals surface area contributed by atoms with Crippen molar-refractivity contribution in [1.29, 1.82) is 0 Å². The second-order valence-corrected chi connectivity index (χ2v) is 5.30. The summed E-state index contributed by atoms with van der Waals surface area (Å²) in [6.07, 6.45) is 7.84. The third-order valence-electron chi connectivity index (χ3n) is 3.81. The zero-order valence-corrected chi connectivity index (χ0v) is 11.5. The summed E-state index contributed by atoms with van der Waals surface area (Å²) in [6, 6.07) is 0.468. The zero-order valence-electron chi connectivity index (χ0n) is 11.5. The number of hydrogen-bond donors (Lipinski definition) is 1. The van der Waals surface area contributed by atoms with Crippen molar-refractivity contribution in [3.8, 4) is 0 Å². The highest BCUT2D eigenvalue weighted by Gasteiger charge is 2.30. The van der Waals surface area contributed by atoms with Gasteiger partial charge in [0.1, 0.15) is 0 Å². The molecule has 2 N–H and O–H groups in total. The van der Waals surface area contributed by atoms with Crippen LogP contribution in [0.2, 0.25) is 0 Å². The molecule has 100 valence electrons. The van der Waals surface area contributed by atoms with Crippen molar-refractivity contribution < 1.29 is 4.79 Å². The lowest BCUT2D eigenvalue weighted by atomic mass is 10.0. The number of rotatable bonds is 7. The van der Waals surface area contributed by atoms with E-state index in [1.165, 1.54) is 19.3 Å². The molecule has 17 heavy (non-hydrogen) atoms. The molecule has 2 atom stereocenters. The van der Waals surface area contributed by atoms with Crippen LogP contribution in [0.1, 0.15) is 58.8 Å². The Morgan fingerprint density at radius 1 is 1.47 bits per heavy atom. The molecule has 1 amide bonds. The largest absolute Gasteiger partial charge is 0.339 e. The van der Waals surface area contributed by atoms with Gasteiger partial charge in [-0.3, -0.25) is 4.79 Å². The van der Waals surface area contributed by atoms with Crippen LogP contribution in [0.4, 0.5) is 0 Å². The molecule has 0 bridgehead atoms. The van der Waals surface area contributed by atoms with Gasteiger partial charge in [0.05, 0.1) is 0 Å². The van der Waals surface area contributed by atoms with Crippen molar-refractivity contribution in [2.75, 3.05) is 13.1 Å². The number of unbranched alkanes of at least 4 members (excludes halogenated alkanes) is 1. The Balaban J connectivity index is 2.43. The van der Waals surface area contributed by atoms with Crippen LogP contribution < -0.4 is 5.73 Å². The van der Waals surface area contributed by atoms with Crippen molar-refractivity contribution in [2.24, 2.45) is 11.7 Å². The summed E-state index contributed by atoms with van der Waals surface area (Å²) in [4.78, 5) is 14.4. The molecule has 0 aromatic carbocycles. The second-order valence-electron chi connectivity index (χ2n) is 5.30. The maximum absolute atomic E-state index is 12.3. The van der Waals surface area contributed by atoms with Crippen molar-refractivity contribution >= 4 is 5.91 Å². The summed E-state index contributed by atoms with van der Waals surface area (Å²) in [6.45, 7) is 5.96. The molecular weight excluding hydrogens is 212 g/mol. The fourth-order valence-electron chi connectivity index (χ4n) is 2.70. The first-order chi connectivity index (χ1) is 8.20. The van der Waals surface area contributed by atoms with E-state index in [1.54, 1.807) is 0 Å². The summed E-state index contributed by atoms with van der Waals surface area (Å²) < 4.78 is 0. The first-order valence-electron chi connectivity index (χ1n) is 7.21. The van der Waals surface area contributed by atoms with Crippen molar-refractivity contribution in [3.63, 3.8) is 0 Å². The Hall–Kier alpha value is -0.570. The van der Waals surface area contributed by atoms with E-state index in [0.717, 1.165) is 38.8 Å². The normalized spacial score (nSPS) is 21.8.